The van der Waals surface area contributed by atoms with Crippen molar-refractivity contribution < 1.29 is 29.3 Å². The van der Waals surface area contributed by atoms with E-state index >= 15 is 0 Å². The highest BCUT2D eigenvalue weighted by atomic mass is 16.6. The average Bonchev–Trinajstić information content (AvgIpc) is 2.74. The van der Waals surface area contributed by atoms with Crippen LogP contribution in [-0.2, 0) is 15.0 Å². The van der Waals surface area contributed by atoms with Crippen LogP contribution < -0.4 is 9.47 Å². The zero-order valence-electron chi connectivity index (χ0n) is 17.8. The van der Waals surface area contributed by atoms with E-state index in [4.69, 9.17) is 9.47 Å². The molecule has 0 aliphatic heterocycles. The van der Waals surface area contributed by atoms with Crippen molar-refractivity contribution in [2.45, 2.75) is 44.7 Å². The Bertz CT molecular complexity index is 837. The number of allylic oxidation sites excluding steroid dienone is 2. The molecule has 0 saturated heterocycles. The third kappa shape index (κ3) is 6.91. The van der Waals surface area contributed by atoms with Gasteiger partial charge in [-0.05, 0) is 47.5 Å². The molecular formula is C25H28O6. The van der Waals surface area contributed by atoms with Crippen molar-refractivity contribution in [3.63, 3.8) is 0 Å². The first kappa shape index (κ1) is 24.1. The molecular weight excluding hydrogens is 396 g/mol. The first-order chi connectivity index (χ1) is 14.6. The molecule has 0 heterocycles. The predicted octanol–water partition coefficient (Wildman–Crippen LogP) is 3.70. The van der Waals surface area contributed by atoms with Crippen LogP contribution in [0.3, 0.4) is 0 Å². The van der Waals surface area contributed by atoms with E-state index in [1.165, 1.54) is 0 Å². The number of aliphatic hydroxyl groups excluding tert-OH is 2. The predicted molar refractivity (Wildman–Crippen MR) is 118 cm³/mol. The summed E-state index contributed by atoms with van der Waals surface area (Å²) in [6.07, 6.45) is -0.460. The minimum Gasteiger partial charge on any atom is -0.465 e. The molecule has 6 nitrogen and oxygen atoms in total. The average molecular weight is 424 g/mol. The van der Waals surface area contributed by atoms with Crippen LogP contribution in [0, 0.1) is 0 Å². The maximum absolute atomic E-state index is 11.3. The Morgan fingerprint density at radius 2 is 1.13 bits per heavy atom. The number of carbonyl (C=O) groups is 2. The van der Waals surface area contributed by atoms with Gasteiger partial charge in [0, 0.05) is 5.41 Å². The fourth-order valence-corrected chi connectivity index (χ4v) is 2.98. The smallest absolute Gasteiger partial charge is 0.204 e. The molecule has 2 N–H and O–H groups in total. The standard InChI is InChI=1S/C25H28O6/c1-5-19(26)15-23(28)30-21-11-7-17(8-12-21)25(3,4)18-9-13-22(14-10-18)31-24(29)16-20(27)6-2/h5-14,23-24,28-29H,1-2,15-16H2,3-4H3. The molecule has 2 rings (SSSR count). The van der Waals surface area contributed by atoms with Crippen LogP contribution >= 0.6 is 0 Å². The van der Waals surface area contributed by atoms with Crippen molar-refractivity contribution >= 4 is 11.6 Å². The van der Waals surface area contributed by atoms with Crippen molar-refractivity contribution in [3.05, 3.63) is 85.0 Å². The Balaban J connectivity index is 2.05. The van der Waals surface area contributed by atoms with Crippen LogP contribution in [0.2, 0.25) is 0 Å². The lowest BCUT2D eigenvalue weighted by molar-refractivity contribution is -0.122. The largest absolute Gasteiger partial charge is 0.465 e. The zero-order valence-corrected chi connectivity index (χ0v) is 17.8. The number of hydrogen-bond donors (Lipinski definition) is 2. The molecule has 2 atom stereocenters. The number of ketones is 2. The highest BCUT2D eigenvalue weighted by molar-refractivity contribution is 5.89. The highest BCUT2D eigenvalue weighted by Gasteiger charge is 2.23. The maximum Gasteiger partial charge on any atom is 0.204 e. The summed E-state index contributed by atoms with van der Waals surface area (Å²) in [7, 11) is 0. The van der Waals surface area contributed by atoms with Crippen molar-refractivity contribution in [3.8, 4) is 11.5 Å². The van der Waals surface area contributed by atoms with Gasteiger partial charge in [-0.25, -0.2) is 0 Å². The van der Waals surface area contributed by atoms with E-state index in [2.05, 4.69) is 27.0 Å². The molecule has 2 aromatic carbocycles. The van der Waals surface area contributed by atoms with Gasteiger partial charge in [-0.3, -0.25) is 9.59 Å². The van der Waals surface area contributed by atoms with E-state index in [-0.39, 0.29) is 29.8 Å². The van der Waals surface area contributed by atoms with Crippen LogP contribution in [0.25, 0.3) is 0 Å². The summed E-state index contributed by atoms with van der Waals surface area (Å²) in [6, 6.07) is 14.5. The topological polar surface area (TPSA) is 93.1 Å². The normalized spacial score (nSPS) is 13.0. The minimum absolute atomic E-state index is 0.151. The molecule has 0 aliphatic carbocycles. The Morgan fingerprint density at radius 1 is 0.806 bits per heavy atom. The second-order valence-electron chi connectivity index (χ2n) is 7.57. The van der Waals surface area contributed by atoms with Crippen molar-refractivity contribution in [1.29, 1.82) is 0 Å². The first-order valence-corrected chi connectivity index (χ1v) is 9.86. The molecule has 2 aromatic rings. The highest BCUT2D eigenvalue weighted by Crippen LogP contribution is 2.33. The summed E-state index contributed by atoms with van der Waals surface area (Å²) >= 11 is 0. The fourth-order valence-electron chi connectivity index (χ4n) is 2.98. The van der Waals surface area contributed by atoms with Gasteiger partial charge in [-0.15, -0.1) is 0 Å². The number of rotatable bonds is 12. The van der Waals surface area contributed by atoms with Gasteiger partial charge in [-0.1, -0.05) is 51.3 Å². The third-order valence-corrected chi connectivity index (χ3v) is 4.90. The molecule has 0 bridgehead atoms. The van der Waals surface area contributed by atoms with Crippen LogP contribution in [0.5, 0.6) is 11.5 Å². The molecule has 31 heavy (non-hydrogen) atoms. The molecule has 164 valence electrons. The molecule has 0 fully saturated rings. The molecule has 6 heteroatoms. The van der Waals surface area contributed by atoms with E-state index in [0.29, 0.717) is 11.5 Å². The Morgan fingerprint density at radius 3 is 1.42 bits per heavy atom. The van der Waals surface area contributed by atoms with Gasteiger partial charge >= 0.3 is 0 Å². The van der Waals surface area contributed by atoms with Gasteiger partial charge in [0.2, 0.25) is 12.6 Å². The molecule has 0 saturated carbocycles. The monoisotopic (exact) mass is 424 g/mol. The number of ether oxygens (including phenoxy) is 2. The number of aliphatic hydroxyl groups is 2. The van der Waals surface area contributed by atoms with E-state index in [1.807, 2.05) is 24.3 Å². The molecule has 0 amide bonds. The van der Waals surface area contributed by atoms with Gasteiger partial charge in [0.15, 0.2) is 11.6 Å². The summed E-state index contributed by atoms with van der Waals surface area (Å²) in [5.41, 5.74) is 1.69. The van der Waals surface area contributed by atoms with Gasteiger partial charge in [0.25, 0.3) is 0 Å². The van der Waals surface area contributed by atoms with Gasteiger partial charge in [0.05, 0.1) is 12.8 Å². The van der Waals surface area contributed by atoms with Crippen molar-refractivity contribution in [2.75, 3.05) is 0 Å². The van der Waals surface area contributed by atoms with Crippen LogP contribution in [0.15, 0.2) is 73.8 Å². The van der Waals surface area contributed by atoms with E-state index in [1.54, 1.807) is 24.3 Å². The molecule has 0 radical (unpaired) electrons. The lowest BCUT2D eigenvalue weighted by atomic mass is 9.78. The molecule has 0 aromatic heterocycles. The lowest BCUT2D eigenvalue weighted by Crippen LogP contribution is -2.21. The van der Waals surface area contributed by atoms with E-state index in [9.17, 15) is 19.8 Å². The zero-order chi connectivity index (χ0) is 23.0. The first-order valence-electron chi connectivity index (χ1n) is 9.86. The SMILES string of the molecule is C=CC(=O)CC(O)Oc1ccc(C(C)(C)c2ccc(OC(O)CC(=O)C=C)cc2)cc1. The Hall–Kier alpha value is -3.22. The van der Waals surface area contributed by atoms with Crippen molar-refractivity contribution in [1.82, 2.24) is 0 Å². The summed E-state index contributed by atoms with van der Waals surface area (Å²) in [5, 5.41) is 19.6. The number of benzene rings is 2. The quantitative estimate of drug-likeness (QED) is 0.399. The van der Waals surface area contributed by atoms with Gasteiger partial charge in [-0.2, -0.15) is 0 Å². The Labute approximate surface area is 182 Å². The van der Waals surface area contributed by atoms with Gasteiger partial charge in [0.1, 0.15) is 11.5 Å². The van der Waals surface area contributed by atoms with Crippen LogP contribution in [0.1, 0.15) is 37.8 Å². The fraction of sp³-hybridized carbons (Fsp3) is 0.280. The third-order valence-electron chi connectivity index (χ3n) is 4.90. The van der Waals surface area contributed by atoms with Gasteiger partial charge < -0.3 is 19.7 Å². The second-order valence-corrected chi connectivity index (χ2v) is 7.57. The minimum atomic E-state index is -1.23. The summed E-state index contributed by atoms with van der Waals surface area (Å²) in [5.74, 6) is 0.321. The summed E-state index contributed by atoms with van der Waals surface area (Å²) in [4.78, 5) is 22.6. The Kier molecular flexibility index (Phi) is 8.30. The van der Waals surface area contributed by atoms with Crippen molar-refractivity contribution in [2.24, 2.45) is 0 Å². The number of hydrogen-bond acceptors (Lipinski definition) is 6. The summed E-state index contributed by atoms with van der Waals surface area (Å²) < 4.78 is 10.7. The molecule has 2 unspecified atom stereocenters. The van der Waals surface area contributed by atoms with Crippen LogP contribution in [-0.4, -0.2) is 34.4 Å². The molecule has 0 aliphatic rings. The van der Waals surface area contributed by atoms with E-state index < -0.39 is 12.6 Å². The number of carbonyl (C=O) groups excluding carboxylic acids is 2. The summed E-state index contributed by atoms with van der Waals surface area (Å²) in [6.45, 7) is 10.9. The second kappa shape index (κ2) is 10.7. The molecule has 0 spiro atoms. The van der Waals surface area contributed by atoms with E-state index in [0.717, 1.165) is 23.3 Å². The lowest BCUT2D eigenvalue weighted by Gasteiger charge is -2.27. The van der Waals surface area contributed by atoms with Crippen LogP contribution in [0.4, 0.5) is 0 Å². The maximum atomic E-state index is 11.3.